The van der Waals surface area contributed by atoms with Crippen molar-refractivity contribution in [2.45, 2.75) is 6.04 Å². The Labute approximate surface area is 140 Å². The van der Waals surface area contributed by atoms with Crippen molar-refractivity contribution >= 4 is 27.6 Å². The smallest absolute Gasteiger partial charge is 0.226 e. The van der Waals surface area contributed by atoms with Crippen molar-refractivity contribution in [2.75, 3.05) is 12.4 Å². The van der Waals surface area contributed by atoms with E-state index in [0.29, 0.717) is 10.6 Å². The van der Waals surface area contributed by atoms with Crippen LogP contribution in [0.2, 0.25) is 0 Å². The predicted octanol–water partition coefficient (Wildman–Crippen LogP) is 3.70. The number of furan rings is 1. The third-order valence-corrected chi connectivity index (χ3v) is 4.12. The van der Waals surface area contributed by atoms with E-state index in [1.165, 1.54) is 6.33 Å². The van der Waals surface area contributed by atoms with Crippen LogP contribution in [-0.2, 0) is 0 Å². The molecule has 0 fully saturated rings. The Bertz CT molecular complexity index is 866. The fourth-order valence-electron chi connectivity index (χ4n) is 2.56. The molecule has 0 aliphatic carbocycles. The summed E-state index contributed by atoms with van der Waals surface area (Å²) in [5.41, 5.74) is 1.99. The van der Waals surface area contributed by atoms with E-state index in [-0.39, 0.29) is 6.04 Å². The number of benzene rings is 1. The highest BCUT2D eigenvalue weighted by Crippen LogP contribution is 2.33. The molecule has 4 rings (SSSR count). The van der Waals surface area contributed by atoms with Crippen LogP contribution < -0.4 is 10.1 Å². The lowest BCUT2D eigenvalue weighted by Gasteiger charge is -2.22. The molecule has 1 aliphatic rings. The number of allylic oxidation sites excluding steroid dienone is 1. The van der Waals surface area contributed by atoms with E-state index in [1.54, 1.807) is 11.8 Å². The number of halogens is 1. The topological polar surface area (TPSA) is 65.1 Å². The molecule has 0 spiro atoms. The van der Waals surface area contributed by atoms with Crippen LogP contribution in [-0.4, -0.2) is 21.9 Å². The third kappa shape index (κ3) is 2.53. The van der Waals surface area contributed by atoms with Crippen LogP contribution in [0.25, 0.3) is 5.70 Å². The summed E-state index contributed by atoms with van der Waals surface area (Å²) in [6, 6.07) is 11.5. The zero-order valence-electron chi connectivity index (χ0n) is 12.2. The van der Waals surface area contributed by atoms with Crippen LogP contribution in [0.3, 0.4) is 0 Å². The molecule has 3 heterocycles. The highest BCUT2D eigenvalue weighted by Gasteiger charge is 2.25. The van der Waals surface area contributed by atoms with Crippen molar-refractivity contribution in [1.82, 2.24) is 14.8 Å². The second kappa shape index (κ2) is 5.58. The summed E-state index contributed by atoms with van der Waals surface area (Å²) >= 11 is 3.34. The molecule has 0 radical (unpaired) electrons. The van der Waals surface area contributed by atoms with E-state index in [4.69, 9.17) is 9.15 Å². The van der Waals surface area contributed by atoms with Gasteiger partial charge in [0, 0.05) is 5.70 Å². The molecule has 0 amide bonds. The number of methoxy groups -OCH3 is 1. The maximum Gasteiger partial charge on any atom is 0.226 e. The monoisotopic (exact) mass is 372 g/mol. The van der Waals surface area contributed by atoms with Gasteiger partial charge in [0.15, 0.2) is 4.67 Å². The first-order valence-corrected chi connectivity index (χ1v) is 7.82. The highest BCUT2D eigenvalue weighted by atomic mass is 79.9. The molecule has 116 valence electrons. The van der Waals surface area contributed by atoms with Gasteiger partial charge in [-0.25, -0.2) is 4.68 Å². The van der Waals surface area contributed by atoms with Crippen LogP contribution >= 0.6 is 15.9 Å². The second-order valence-electron chi connectivity index (χ2n) is 5.05. The average molecular weight is 373 g/mol. The number of rotatable bonds is 3. The standard InChI is InChI=1S/C16H13BrN4O2/c1-22-11-4-2-10(3-5-11)12-8-13(14-6-7-15(17)23-14)21-16(20-12)18-9-19-21/h2-9,13H,1H3,(H,18,19,20). The van der Waals surface area contributed by atoms with Gasteiger partial charge in [0.1, 0.15) is 23.9 Å². The Morgan fingerprint density at radius 3 is 2.74 bits per heavy atom. The lowest BCUT2D eigenvalue weighted by Crippen LogP contribution is -2.19. The van der Waals surface area contributed by atoms with Gasteiger partial charge in [0.05, 0.1) is 7.11 Å². The molecule has 0 bridgehead atoms. The lowest BCUT2D eigenvalue weighted by atomic mass is 10.1. The van der Waals surface area contributed by atoms with E-state index >= 15 is 0 Å². The number of anilines is 1. The molecule has 2 aromatic heterocycles. The molecule has 23 heavy (non-hydrogen) atoms. The summed E-state index contributed by atoms with van der Waals surface area (Å²) in [7, 11) is 1.65. The van der Waals surface area contributed by atoms with Gasteiger partial charge in [0.25, 0.3) is 0 Å². The number of nitrogens with zero attached hydrogens (tertiary/aromatic N) is 3. The molecule has 7 heteroatoms. The number of hydrogen-bond acceptors (Lipinski definition) is 5. The summed E-state index contributed by atoms with van der Waals surface area (Å²) in [5, 5.41) is 7.58. The summed E-state index contributed by atoms with van der Waals surface area (Å²) in [5.74, 6) is 2.28. The molecule has 0 saturated heterocycles. The fraction of sp³-hybridized carbons (Fsp3) is 0.125. The van der Waals surface area contributed by atoms with Gasteiger partial charge < -0.3 is 14.5 Å². The summed E-state index contributed by atoms with van der Waals surface area (Å²) in [4.78, 5) is 4.27. The zero-order valence-corrected chi connectivity index (χ0v) is 13.8. The molecule has 3 aromatic rings. The zero-order chi connectivity index (χ0) is 15.8. The molecule has 1 aromatic carbocycles. The number of nitrogens with one attached hydrogen (secondary N) is 1. The fourth-order valence-corrected chi connectivity index (χ4v) is 2.88. The van der Waals surface area contributed by atoms with E-state index < -0.39 is 0 Å². The van der Waals surface area contributed by atoms with Crippen molar-refractivity contribution in [1.29, 1.82) is 0 Å². The minimum absolute atomic E-state index is 0.155. The Balaban J connectivity index is 1.76. The lowest BCUT2D eigenvalue weighted by molar-refractivity contribution is 0.414. The summed E-state index contributed by atoms with van der Waals surface area (Å²) < 4.78 is 13.4. The Kier molecular flexibility index (Phi) is 3.42. The molecule has 1 aliphatic heterocycles. The van der Waals surface area contributed by atoms with Gasteiger partial charge in [-0.1, -0.05) is 0 Å². The molecular weight excluding hydrogens is 360 g/mol. The van der Waals surface area contributed by atoms with Gasteiger partial charge >= 0.3 is 0 Å². The molecule has 1 unspecified atom stereocenters. The minimum Gasteiger partial charge on any atom is -0.497 e. The summed E-state index contributed by atoms with van der Waals surface area (Å²) in [6.07, 6.45) is 3.59. The van der Waals surface area contributed by atoms with Gasteiger partial charge in [0.2, 0.25) is 5.95 Å². The Morgan fingerprint density at radius 1 is 1.22 bits per heavy atom. The quantitative estimate of drug-likeness (QED) is 0.759. The molecule has 6 nitrogen and oxygen atoms in total. The van der Waals surface area contributed by atoms with Crippen molar-refractivity contribution in [2.24, 2.45) is 0 Å². The van der Waals surface area contributed by atoms with Gasteiger partial charge in [-0.3, -0.25) is 0 Å². The SMILES string of the molecule is COc1ccc(C2=CC(c3ccc(Br)o3)n3ncnc3N2)cc1. The predicted molar refractivity (Wildman–Crippen MR) is 89.2 cm³/mol. The molecule has 0 saturated carbocycles. The maximum absolute atomic E-state index is 5.71. The number of aromatic nitrogens is 3. The first kappa shape index (κ1) is 14.1. The van der Waals surface area contributed by atoms with E-state index in [1.807, 2.05) is 36.4 Å². The number of fused-ring (bicyclic) bond motifs is 1. The van der Waals surface area contributed by atoms with Crippen LogP contribution in [0, 0.1) is 0 Å². The second-order valence-corrected chi connectivity index (χ2v) is 5.83. The van der Waals surface area contributed by atoms with Gasteiger partial charge in [-0.15, -0.1) is 0 Å². The van der Waals surface area contributed by atoms with Crippen molar-refractivity contribution in [3.63, 3.8) is 0 Å². The van der Waals surface area contributed by atoms with E-state index in [2.05, 4.69) is 37.4 Å². The third-order valence-electron chi connectivity index (χ3n) is 3.69. The van der Waals surface area contributed by atoms with Crippen molar-refractivity contribution < 1.29 is 9.15 Å². The molecule has 1 atom stereocenters. The van der Waals surface area contributed by atoms with Crippen LogP contribution in [0.1, 0.15) is 17.4 Å². The van der Waals surface area contributed by atoms with E-state index in [0.717, 1.165) is 22.8 Å². The normalized spacial score (nSPS) is 16.4. The van der Waals surface area contributed by atoms with Crippen LogP contribution in [0.15, 0.2) is 57.9 Å². The van der Waals surface area contributed by atoms with E-state index in [9.17, 15) is 0 Å². The first-order chi connectivity index (χ1) is 11.2. The van der Waals surface area contributed by atoms with Gasteiger partial charge in [-0.2, -0.15) is 10.1 Å². The summed E-state index contributed by atoms with van der Waals surface area (Å²) in [6.45, 7) is 0. The number of hydrogen-bond donors (Lipinski definition) is 1. The highest BCUT2D eigenvalue weighted by molar-refractivity contribution is 9.10. The van der Waals surface area contributed by atoms with Crippen LogP contribution in [0.5, 0.6) is 5.75 Å². The minimum atomic E-state index is -0.155. The number of ether oxygens (including phenoxy) is 1. The largest absolute Gasteiger partial charge is 0.497 e. The first-order valence-electron chi connectivity index (χ1n) is 7.02. The van der Waals surface area contributed by atoms with Crippen LogP contribution in [0.4, 0.5) is 5.95 Å². The molecular formula is C16H13BrN4O2. The Hall–Kier alpha value is -2.54. The van der Waals surface area contributed by atoms with Gasteiger partial charge in [-0.05, 0) is 64.0 Å². The Morgan fingerprint density at radius 2 is 2.04 bits per heavy atom. The average Bonchev–Trinajstić information content (AvgIpc) is 3.22. The van der Waals surface area contributed by atoms with Crippen molar-refractivity contribution in [3.05, 3.63) is 64.8 Å². The molecule has 1 N–H and O–H groups in total. The maximum atomic E-state index is 5.71. The van der Waals surface area contributed by atoms with Crippen molar-refractivity contribution in [3.8, 4) is 5.75 Å².